The van der Waals surface area contributed by atoms with E-state index in [1.807, 2.05) is 0 Å². The molecule has 0 aliphatic carbocycles. The fraction of sp³-hybridized carbons (Fsp3) is 0. The topological polar surface area (TPSA) is 38.9 Å². The average molecular weight is 232 g/mol. The van der Waals surface area contributed by atoms with Crippen molar-refractivity contribution in [3.05, 3.63) is 12.5 Å². The molecule has 0 unspecified atom stereocenters. The molecule has 0 aliphatic heterocycles. The van der Waals surface area contributed by atoms with E-state index in [0.717, 1.165) is 0 Å². The lowest BCUT2D eigenvalue weighted by Crippen LogP contribution is -1.53. The largest absolute Gasteiger partial charge is 0.346 e. The minimum atomic E-state index is 0. The third kappa shape index (κ3) is 3.94. The van der Waals surface area contributed by atoms with E-state index in [4.69, 9.17) is 0 Å². The van der Waals surface area contributed by atoms with Gasteiger partial charge in [-0.25, -0.2) is 0 Å². The number of nitrogens with zero attached hydrogens (tertiary/aromatic N) is 2. The second-order valence-electron chi connectivity index (χ2n) is 0.588. The molecule has 0 amide bonds. The van der Waals surface area contributed by atoms with E-state index in [9.17, 15) is 0 Å². The van der Waals surface area contributed by atoms with Crippen molar-refractivity contribution in [3.63, 3.8) is 0 Å². The van der Waals surface area contributed by atoms with Crippen LogP contribution in [0.25, 0.3) is 0 Å². The predicted octanol–water partition coefficient (Wildman–Crippen LogP) is 1.23. The Morgan fingerprint density at radius 1 is 1.29 bits per heavy atom. The highest BCUT2D eigenvalue weighted by Gasteiger charge is 1.61. The number of hydrogen-bond donors (Lipinski definition) is 0. The van der Waals surface area contributed by atoms with Gasteiger partial charge in [0.25, 0.3) is 0 Å². The Bertz CT molecular complexity index is 70.2. The molecule has 0 N–H and O–H groups in total. The zero-order valence-corrected chi connectivity index (χ0v) is 6.70. The molecule has 1 heterocycles. The monoisotopic (exact) mass is 230 g/mol. The van der Waals surface area contributed by atoms with Gasteiger partial charge in [0.1, 0.15) is 6.26 Å². The zero-order chi connectivity index (χ0) is 3.54. The van der Waals surface area contributed by atoms with E-state index < -0.39 is 0 Å². The Balaban J connectivity index is 0. The smallest absolute Gasteiger partial charge is 0.144 e. The quantitative estimate of drug-likeness (QED) is 0.674. The van der Waals surface area contributed by atoms with Crippen molar-refractivity contribution in [2.75, 3.05) is 0 Å². The first kappa shape index (κ1) is 10.2. The van der Waals surface area contributed by atoms with Crippen LogP contribution >= 0.6 is 34.0 Å². The van der Waals surface area contributed by atoms with Crippen LogP contribution in [0.2, 0.25) is 0 Å². The summed E-state index contributed by atoms with van der Waals surface area (Å²) in [7, 11) is 0. The summed E-state index contributed by atoms with van der Waals surface area (Å²) in [6, 6.07) is 0. The summed E-state index contributed by atoms with van der Waals surface area (Å²) in [5.74, 6) is 0. The van der Waals surface area contributed by atoms with Gasteiger partial charge < -0.3 is 4.52 Å². The molecule has 1 aromatic rings. The van der Waals surface area contributed by atoms with Crippen LogP contribution in [0.1, 0.15) is 0 Å². The number of hydrogen-bond acceptors (Lipinski definition) is 3. The lowest BCUT2D eigenvalue weighted by atomic mass is 11.0. The van der Waals surface area contributed by atoms with Crippen LogP contribution in [-0.4, -0.2) is 10.4 Å². The van der Waals surface area contributed by atoms with Crippen LogP contribution in [0, 0.1) is 0 Å². The van der Waals surface area contributed by atoms with Gasteiger partial charge in [0.15, 0.2) is 0 Å². The lowest BCUT2D eigenvalue weighted by molar-refractivity contribution is 0.393. The van der Waals surface area contributed by atoms with Crippen molar-refractivity contribution in [1.82, 2.24) is 10.4 Å². The molecule has 0 atom stereocenters. The summed E-state index contributed by atoms with van der Waals surface area (Å²) in [6.45, 7) is 0. The van der Waals surface area contributed by atoms with E-state index in [1.54, 1.807) is 0 Å². The number of rotatable bonds is 0. The average Bonchev–Trinajstić information content (AvgIpc) is 1.76. The Morgan fingerprint density at radius 3 is 2.14 bits per heavy atom. The standard InChI is InChI=1S/C2H2N2O.2BrH/c1-2-5-4-3-1;;/h1-2H;2*1H. The van der Waals surface area contributed by atoms with Crippen molar-refractivity contribution in [2.24, 2.45) is 0 Å². The molecule has 0 spiro atoms. The van der Waals surface area contributed by atoms with Gasteiger partial charge in [-0.15, -0.1) is 39.1 Å². The maximum Gasteiger partial charge on any atom is 0.144 e. The molecule has 0 aromatic carbocycles. The zero-order valence-electron chi connectivity index (χ0n) is 3.27. The fourth-order valence-corrected chi connectivity index (χ4v) is 0.136. The number of aromatic nitrogens is 2. The Hall–Kier alpha value is 0.1000. The highest BCUT2D eigenvalue weighted by Crippen LogP contribution is 1.64. The molecule has 42 valence electrons. The molecule has 5 heteroatoms. The maximum atomic E-state index is 4.22. The Kier molecular flexibility index (Phi) is 8.85. The highest BCUT2D eigenvalue weighted by atomic mass is 79.9. The highest BCUT2D eigenvalue weighted by molar-refractivity contribution is 8.93. The first-order valence-corrected chi connectivity index (χ1v) is 1.21. The van der Waals surface area contributed by atoms with Crippen molar-refractivity contribution in [1.29, 1.82) is 0 Å². The normalized spacial score (nSPS) is 5.71. The van der Waals surface area contributed by atoms with Crippen molar-refractivity contribution >= 4 is 34.0 Å². The summed E-state index contributed by atoms with van der Waals surface area (Å²) in [5, 5.41) is 6.40. The van der Waals surface area contributed by atoms with Gasteiger partial charge in [-0.2, -0.15) is 0 Å². The van der Waals surface area contributed by atoms with E-state index in [2.05, 4.69) is 14.9 Å². The molecular weight excluding hydrogens is 228 g/mol. The molecule has 0 aliphatic rings. The molecule has 1 rings (SSSR count). The second kappa shape index (κ2) is 6.10. The fourth-order valence-electron chi connectivity index (χ4n) is 0.136. The molecule has 0 fully saturated rings. The third-order valence-electron chi connectivity index (χ3n) is 0.283. The summed E-state index contributed by atoms with van der Waals surface area (Å²) >= 11 is 0. The van der Waals surface area contributed by atoms with Crippen molar-refractivity contribution in [3.8, 4) is 0 Å². The van der Waals surface area contributed by atoms with Gasteiger partial charge in [-0.05, 0) is 0 Å². The minimum absolute atomic E-state index is 0. The molecule has 0 saturated heterocycles. The molecule has 0 saturated carbocycles. The Morgan fingerprint density at radius 2 is 2.00 bits per heavy atom. The van der Waals surface area contributed by atoms with Crippen molar-refractivity contribution in [2.45, 2.75) is 0 Å². The lowest BCUT2D eigenvalue weighted by Gasteiger charge is -1.45. The molecule has 0 bridgehead atoms. The van der Waals surface area contributed by atoms with Crippen LogP contribution in [0.4, 0.5) is 0 Å². The summed E-state index contributed by atoms with van der Waals surface area (Å²) in [5.41, 5.74) is 0. The first-order valence-electron chi connectivity index (χ1n) is 1.21. The van der Waals surface area contributed by atoms with E-state index >= 15 is 0 Å². The molecule has 1 aromatic heterocycles. The van der Waals surface area contributed by atoms with Crippen LogP contribution in [0.3, 0.4) is 0 Å². The van der Waals surface area contributed by atoms with Crippen LogP contribution in [0.5, 0.6) is 0 Å². The third-order valence-corrected chi connectivity index (χ3v) is 0.283. The van der Waals surface area contributed by atoms with Gasteiger partial charge in [-0.3, -0.25) is 0 Å². The molecule has 0 radical (unpaired) electrons. The summed E-state index contributed by atoms with van der Waals surface area (Å²) in [4.78, 5) is 0. The van der Waals surface area contributed by atoms with E-state index in [-0.39, 0.29) is 34.0 Å². The summed E-state index contributed by atoms with van der Waals surface area (Å²) in [6.07, 6.45) is 2.88. The van der Waals surface area contributed by atoms with Crippen LogP contribution in [0.15, 0.2) is 17.0 Å². The predicted molar refractivity (Wildman–Crippen MR) is 34.9 cm³/mol. The van der Waals surface area contributed by atoms with E-state index in [0.29, 0.717) is 0 Å². The van der Waals surface area contributed by atoms with Gasteiger partial charge in [0.2, 0.25) is 0 Å². The second-order valence-corrected chi connectivity index (χ2v) is 0.588. The van der Waals surface area contributed by atoms with Gasteiger partial charge >= 0.3 is 0 Å². The maximum absolute atomic E-state index is 4.22. The van der Waals surface area contributed by atoms with Gasteiger partial charge in [-0.1, -0.05) is 0 Å². The van der Waals surface area contributed by atoms with Crippen LogP contribution < -0.4 is 0 Å². The minimum Gasteiger partial charge on any atom is -0.346 e. The first-order chi connectivity index (χ1) is 2.50. The van der Waals surface area contributed by atoms with Crippen LogP contribution in [-0.2, 0) is 0 Å². The molecule has 3 nitrogen and oxygen atoms in total. The number of halogens is 2. The van der Waals surface area contributed by atoms with E-state index in [1.165, 1.54) is 12.5 Å². The molecular formula is C2H4Br2N2O. The van der Waals surface area contributed by atoms with Gasteiger partial charge in [0, 0.05) is 5.27 Å². The summed E-state index contributed by atoms with van der Waals surface area (Å²) < 4.78 is 4.22. The van der Waals surface area contributed by atoms with Crippen molar-refractivity contribution < 1.29 is 4.52 Å². The van der Waals surface area contributed by atoms with Gasteiger partial charge in [0.05, 0.1) is 6.20 Å². The molecule has 7 heavy (non-hydrogen) atoms. The Labute approximate surface area is 61.6 Å². The SMILES string of the molecule is Br.Br.c1conn1.